The number of hydrogen-bond acceptors (Lipinski definition) is 5. The van der Waals surface area contributed by atoms with Crippen LogP contribution in [0.2, 0.25) is 0 Å². The highest BCUT2D eigenvalue weighted by molar-refractivity contribution is 5.97. The summed E-state index contributed by atoms with van der Waals surface area (Å²) in [6.45, 7) is 4.72. The molecule has 0 saturated carbocycles. The van der Waals surface area contributed by atoms with Gasteiger partial charge in [-0.05, 0) is 43.2 Å². The van der Waals surface area contributed by atoms with Gasteiger partial charge in [-0.1, -0.05) is 18.7 Å². The maximum absolute atomic E-state index is 12.2. The van der Waals surface area contributed by atoms with E-state index < -0.39 is 0 Å². The fourth-order valence-electron chi connectivity index (χ4n) is 4.68. The molecule has 2 aromatic carbocycles. The number of benzene rings is 2. The number of carbonyl (C=O) groups is 1. The second kappa shape index (κ2) is 8.95. The van der Waals surface area contributed by atoms with E-state index in [-0.39, 0.29) is 23.1 Å². The molecule has 2 aromatic heterocycles. The molecular weight excluding hydrogens is 442 g/mol. The molecule has 8 nitrogen and oxygen atoms in total. The zero-order chi connectivity index (χ0) is 24.5. The number of rotatable bonds is 4. The van der Waals surface area contributed by atoms with Crippen molar-refractivity contribution in [1.82, 2.24) is 19.2 Å². The zero-order valence-corrected chi connectivity index (χ0v) is 19.0. The number of likely N-dealkylation sites (tertiary alicyclic amines) is 1. The molecule has 4 aromatic rings. The van der Waals surface area contributed by atoms with Crippen LogP contribution in [0.5, 0.6) is 5.75 Å². The number of aromatic nitrogens is 3. The van der Waals surface area contributed by atoms with Crippen LogP contribution in [0.15, 0.2) is 78.4 Å². The molecule has 5 rings (SSSR count). The van der Waals surface area contributed by atoms with Crippen LogP contribution in [-0.2, 0) is 4.79 Å². The van der Waals surface area contributed by atoms with E-state index in [0.29, 0.717) is 35.2 Å². The van der Waals surface area contributed by atoms with E-state index in [1.807, 2.05) is 33.5 Å². The third kappa shape index (κ3) is 4.08. The lowest BCUT2D eigenvalue weighted by molar-refractivity contribution is -0.127. The molecule has 0 bridgehead atoms. The molecule has 1 aliphatic rings. The van der Waals surface area contributed by atoms with Gasteiger partial charge in [0.15, 0.2) is 5.43 Å². The monoisotopic (exact) mass is 465 g/mol. The van der Waals surface area contributed by atoms with E-state index >= 15 is 0 Å². The highest BCUT2D eigenvalue weighted by atomic mass is 16.3. The Labute approximate surface area is 201 Å². The predicted molar refractivity (Wildman–Crippen MR) is 132 cm³/mol. The summed E-state index contributed by atoms with van der Waals surface area (Å²) >= 11 is 0. The molecule has 1 atom stereocenters. The molecule has 0 radical (unpaired) electrons. The lowest BCUT2D eigenvalue weighted by Crippen LogP contribution is -2.40. The number of amides is 1. The van der Waals surface area contributed by atoms with E-state index in [9.17, 15) is 20.0 Å². The molecule has 35 heavy (non-hydrogen) atoms. The van der Waals surface area contributed by atoms with Crippen molar-refractivity contribution in [3.8, 4) is 28.8 Å². The molecule has 0 unspecified atom stereocenters. The summed E-state index contributed by atoms with van der Waals surface area (Å²) in [7, 11) is 0. The topological polar surface area (TPSA) is 104 Å². The fourth-order valence-corrected chi connectivity index (χ4v) is 4.68. The van der Waals surface area contributed by atoms with Crippen molar-refractivity contribution in [3.05, 3.63) is 89.4 Å². The van der Waals surface area contributed by atoms with Crippen molar-refractivity contribution >= 4 is 16.8 Å². The van der Waals surface area contributed by atoms with Gasteiger partial charge in [-0.15, -0.1) is 0 Å². The summed E-state index contributed by atoms with van der Waals surface area (Å²) in [6.07, 6.45) is 6.36. The predicted octanol–water partition coefficient (Wildman–Crippen LogP) is 3.78. The molecule has 174 valence electrons. The normalized spacial score (nSPS) is 15.6. The van der Waals surface area contributed by atoms with Crippen LogP contribution in [0, 0.1) is 11.3 Å². The lowest BCUT2D eigenvalue weighted by Gasteiger charge is -2.32. The molecule has 1 aliphatic heterocycles. The zero-order valence-electron chi connectivity index (χ0n) is 19.0. The molecular formula is C27H23N5O3. The summed E-state index contributed by atoms with van der Waals surface area (Å²) in [6, 6.07) is 15.8. The van der Waals surface area contributed by atoms with Crippen molar-refractivity contribution < 1.29 is 9.90 Å². The van der Waals surface area contributed by atoms with Crippen LogP contribution in [-0.4, -0.2) is 43.4 Å². The van der Waals surface area contributed by atoms with Gasteiger partial charge < -0.3 is 14.6 Å². The first kappa shape index (κ1) is 22.2. The molecule has 1 saturated heterocycles. The van der Waals surface area contributed by atoms with E-state index in [2.05, 4.69) is 12.6 Å². The SMILES string of the molecule is C=CC(=O)N1CCC[C@@H](n2nc(-c3ccc(-n4ccc(=O)cc4)cc3)c3cc(O)cc(C#N)c32)C1. The van der Waals surface area contributed by atoms with Crippen molar-refractivity contribution in [3.63, 3.8) is 0 Å². The van der Waals surface area contributed by atoms with Crippen molar-refractivity contribution in [2.24, 2.45) is 0 Å². The smallest absolute Gasteiger partial charge is 0.246 e. The van der Waals surface area contributed by atoms with E-state index in [1.165, 1.54) is 24.3 Å². The summed E-state index contributed by atoms with van der Waals surface area (Å²) in [5, 5.41) is 25.7. The minimum Gasteiger partial charge on any atom is -0.508 e. The quantitative estimate of drug-likeness (QED) is 0.462. The number of nitrogens with zero attached hydrogens (tertiary/aromatic N) is 5. The van der Waals surface area contributed by atoms with Crippen molar-refractivity contribution in [2.75, 3.05) is 13.1 Å². The average molecular weight is 466 g/mol. The minimum atomic E-state index is -0.123. The first-order valence-electron chi connectivity index (χ1n) is 11.3. The standard InChI is InChI=1S/C27H23N5O3/c1-2-25(35)31-11-3-4-21(17-31)32-27-19(16-28)14-23(34)15-24(27)26(29-32)18-5-7-20(8-6-18)30-12-9-22(33)10-13-30/h2,5-10,12-15,21,34H,1,3-4,11,17H2/t21-/m1/s1. The van der Waals surface area contributed by atoms with E-state index in [4.69, 9.17) is 5.10 Å². The van der Waals surface area contributed by atoms with Gasteiger partial charge in [0, 0.05) is 54.3 Å². The largest absolute Gasteiger partial charge is 0.508 e. The lowest BCUT2D eigenvalue weighted by atomic mass is 10.0. The van der Waals surface area contributed by atoms with Crippen LogP contribution in [0.1, 0.15) is 24.4 Å². The van der Waals surface area contributed by atoms with E-state index in [1.54, 1.807) is 23.4 Å². The molecule has 0 spiro atoms. The number of aromatic hydroxyl groups is 1. The molecule has 3 heterocycles. The average Bonchev–Trinajstić information content (AvgIpc) is 3.27. The Morgan fingerprint density at radius 2 is 1.91 bits per heavy atom. The second-order valence-electron chi connectivity index (χ2n) is 8.57. The fraction of sp³-hybridized carbons (Fsp3) is 0.185. The van der Waals surface area contributed by atoms with Crippen LogP contribution in [0.4, 0.5) is 0 Å². The number of carbonyl (C=O) groups excluding carboxylic acids is 1. The molecule has 0 aliphatic carbocycles. The minimum absolute atomic E-state index is 0.00756. The van der Waals surface area contributed by atoms with E-state index in [0.717, 1.165) is 24.1 Å². The highest BCUT2D eigenvalue weighted by Crippen LogP contribution is 2.36. The third-order valence-corrected chi connectivity index (χ3v) is 6.37. The van der Waals surface area contributed by atoms with Gasteiger partial charge in [-0.3, -0.25) is 14.3 Å². The summed E-state index contributed by atoms with van der Waals surface area (Å²) in [5.41, 5.74) is 3.26. The Bertz CT molecular complexity index is 1520. The first-order chi connectivity index (χ1) is 17.0. The van der Waals surface area contributed by atoms with Crippen LogP contribution < -0.4 is 5.43 Å². The molecule has 1 N–H and O–H groups in total. The van der Waals surface area contributed by atoms with Gasteiger partial charge in [0.1, 0.15) is 17.5 Å². The number of pyridine rings is 1. The van der Waals surface area contributed by atoms with Crippen LogP contribution >= 0.6 is 0 Å². The molecule has 1 amide bonds. The van der Waals surface area contributed by atoms with Gasteiger partial charge in [0.05, 0.1) is 17.1 Å². The van der Waals surface area contributed by atoms with Gasteiger partial charge in [0.25, 0.3) is 0 Å². The third-order valence-electron chi connectivity index (χ3n) is 6.37. The Balaban J connectivity index is 1.61. The van der Waals surface area contributed by atoms with Gasteiger partial charge >= 0.3 is 0 Å². The summed E-state index contributed by atoms with van der Waals surface area (Å²) in [5.74, 6) is -0.130. The summed E-state index contributed by atoms with van der Waals surface area (Å²) in [4.78, 5) is 25.4. The van der Waals surface area contributed by atoms with Gasteiger partial charge in [-0.2, -0.15) is 10.4 Å². The van der Waals surface area contributed by atoms with Crippen LogP contribution in [0.3, 0.4) is 0 Å². The van der Waals surface area contributed by atoms with Crippen LogP contribution in [0.25, 0.3) is 27.8 Å². The summed E-state index contributed by atoms with van der Waals surface area (Å²) < 4.78 is 3.68. The Hall–Kier alpha value is -4.64. The van der Waals surface area contributed by atoms with Crippen molar-refractivity contribution in [2.45, 2.75) is 18.9 Å². The Kier molecular flexibility index (Phi) is 5.67. The molecule has 1 fully saturated rings. The maximum Gasteiger partial charge on any atom is 0.246 e. The number of hydrogen-bond donors (Lipinski definition) is 1. The van der Waals surface area contributed by atoms with Gasteiger partial charge in [0.2, 0.25) is 5.91 Å². The Morgan fingerprint density at radius 1 is 1.17 bits per heavy atom. The maximum atomic E-state index is 12.2. The first-order valence-corrected chi connectivity index (χ1v) is 11.3. The second-order valence-corrected chi connectivity index (χ2v) is 8.57. The number of piperidine rings is 1. The number of phenolic OH excluding ortho intramolecular Hbond substituents is 1. The highest BCUT2D eigenvalue weighted by Gasteiger charge is 2.28. The number of phenols is 1. The number of nitriles is 1. The van der Waals surface area contributed by atoms with Crippen molar-refractivity contribution in [1.29, 1.82) is 5.26 Å². The van der Waals surface area contributed by atoms with Gasteiger partial charge in [-0.25, -0.2) is 0 Å². The number of fused-ring (bicyclic) bond motifs is 1. The Morgan fingerprint density at radius 3 is 2.60 bits per heavy atom. The molecule has 8 heteroatoms.